The molecule has 94 valence electrons. The molecule has 1 aromatic rings. The summed E-state index contributed by atoms with van der Waals surface area (Å²) in [6.45, 7) is 4.80. The normalized spacial score (nSPS) is 20.4. The van der Waals surface area contributed by atoms with Gasteiger partial charge in [-0.3, -0.25) is 0 Å². The van der Waals surface area contributed by atoms with Gasteiger partial charge in [-0.05, 0) is 37.9 Å². The van der Waals surface area contributed by atoms with Crippen LogP contribution in [0.15, 0.2) is 24.3 Å². The zero-order valence-electron chi connectivity index (χ0n) is 10.3. The molecule has 1 N–H and O–H groups in total. The molecule has 0 saturated carbocycles. The fourth-order valence-corrected chi connectivity index (χ4v) is 2.33. The lowest BCUT2D eigenvalue weighted by Crippen LogP contribution is -2.36. The molecule has 0 radical (unpaired) electrons. The van der Waals surface area contributed by atoms with Crippen LogP contribution in [0.3, 0.4) is 0 Å². The lowest BCUT2D eigenvalue weighted by Gasteiger charge is -2.31. The highest BCUT2D eigenvalue weighted by Gasteiger charge is 2.20. The summed E-state index contributed by atoms with van der Waals surface area (Å²) < 4.78 is 13.5. The van der Waals surface area contributed by atoms with Gasteiger partial charge < -0.3 is 10.0 Å². The second kappa shape index (κ2) is 5.61. The molecule has 1 heterocycles. The van der Waals surface area contributed by atoms with Crippen LogP contribution in [-0.2, 0) is 0 Å². The van der Waals surface area contributed by atoms with Crippen LogP contribution in [-0.4, -0.2) is 29.6 Å². The molecular formula is C14H20FNO. The second-order valence-electron chi connectivity index (χ2n) is 5.02. The summed E-state index contributed by atoms with van der Waals surface area (Å²) in [7, 11) is 0. The largest absolute Gasteiger partial charge is 0.387 e. The van der Waals surface area contributed by atoms with E-state index in [1.807, 2.05) is 0 Å². The number of β-amino-alcohol motifs (C(OH)–C–C–N with tert-alkyl or cyclic N) is 1. The average Bonchev–Trinajstić information content (AvgIpc) is 2.32. The van der Waals surface area contributed by atoms with Gasteiger partial charge in [-0.2, -0.15) is 0 Å². The Morgan fingerprint density at radius 2 is 2.00 bits per heavy atom. The minimum Gasteiger partial charge on any atom is -0.387 e. The van der Waals surface area contributed by atoms with Crippen LogP contribution >= 0.6 is 0 Å². The van der Waals surface area contributed by atoms with Crippen molar-refractivity contribution < 1.29 is 9.50 Å². The average molecular weight is 237 g/mol. The zero-order chi connectivity index (χ0) is 12.3. The van der Waals surface area contributed by atoms with Crippen molar-refractivity contribution in [2.24, 2.45) is 5.92 Å². The number of aliphatic hydroxyl groups is 1. The van der Waals surface area contributed by atoms with E-state index in [-0.39, 0.29) is 5.82 Å². The van der Waals surface area contributed by atoms with Gasteiger partial charge in [0.1, 0.15) is 5.82 Å². The molecule has 0 spiro atoms. The van der Waals surface area contributed by atoms with E-state index in [1.165, 1.54) is 18.9 Å². The van der Waals surface area contributed by atoms with Crippen molar-refractivity contribution in [2.75, 3.05) is 19.6 Å². The number of halogens is 1. The fourth-order valence-electron chi connectivity index (χ4n) is 2.33. The maximum Gasteiger partial charge on any atom is 0.129 e. The van der Waals surface area contributed by atoms with Crippen LogP contribution < -0.4 is 0 Å². The van der Waals surface area contributed by atoms with Crippen molar-refractivity contribution in [3.63, 3.8) is 0 Å². The Hall–Kier alpha value is -0.930. The Labute approximate surface area is 102 Å². The van der Waals surface area contributed by atoms with Gasteiger partial charge in [-0.25, -0.2) is 4.39 Å². The summed E-state index contributed by atoms with van der Waals surface area (Å²) in [5, 5.41) is 10.0. The summed E-state index contributed by atoms with van der Waals surface area (Å²) in [5.74, 6) is 0.460. The summed E-state index contributed by atoms with van der Waals surface area (Å²) >= 11 is 0. The van der Waals surface area contributed by atoms with E-state index in [4.69, 9.17) is 0 Å². The summed E-state index contributed by atoms with van der Waals surface area (Å²) in [4.78, 5) is 2.22. The number of rotatable bonds is 3. The first-order valence-electron chi connectivity index (χ1n) is 6.31. The molecule has 1 atom stereocenters. The van der Waals surface area contributed by atoms with Gasteiger partial charge in [-0.1, -0.05) is 25.1 Å². The zero-order valence-corrected chi connectivity index (χ0v) is 10.3. The Bertz CT molecular complexity index is 361. The molecule has 1 aliphatic heterocycles. The molecule has 0 amide bonds. The quantitative estimate of drug-likeness (QED) is 0.873. The summed E-state index contributed by atoms with van der Waals surface area (Å²) in [6.07, 6.45) is 1.62. The Morgan fingerprint density at radius 3 is 2.65 bits per heavy atom. The molecule has 1 unspecified atom stereocenters. The summed E-state index contributed by atoms with van der Waals surface area (Å²) in [5.41, 5.74) is 0.408. The third-order valence-corrected chi connectivity index (χ3v) is 3.57. The number of hydrogen-bond donors (Lipinski definition) is 1. The molecule has 2 rings (SSSR count). The first-order chi connectivity index (χ1) is 8.16. The first kappa shape index (κ1) is 12.5. The predicted molar refractivity (Wildman–Crippen MR) is 66.2 cm³/mol. The number of likely N-dealkylation sites (tertiary alicyclic amines) is 1. The third kappa shape index (κ3) is 3.27. The van der Waals surface area contributed by atoms with Crippen molar-refractivity contribution in [1.82, 2.24) is 4.90 Å². The smallest absolute Gasteiger partial charge is 0.129 e. The van der Waals surface area contributed by atoms with Crippen LogP contribution in [0.4, 0.5) is 4.39 Å². The highest BCUT2D eigenvalue weighted by atomic mass is 19.1. The van der Waals surface area contributed by atoms with Gasteiger partial charge in [0.15, 0.2) is 0 Å². The molecule has 0 aromatic heterocycles. The fraction of sp³-hybridized carbons (Fsp3) is 0.571. The molecule has 3 heteroatoms. The van der Waals surface area contributed by atoms with Crippen LogP contribution in [0.2, 0.25) is 0 Å². The Balaban J connectivity index is 1.93. The van der Waals surface area contributed by atoms with Crippen molar-refractivity contribution >= 4 is 0 Å². The van der Waals surface area contributed by atoms with E-state index in [0.29, 0.717) is 12.1 Å². The van der Waals surface area contributed by atoms with Gasteiger partial charge in [0.05, 0.1) is 6.10 Å². The minimum absolute atomic E-state index is 0.314. The molecule has 0 aliphatic carbocycles. The van der Waals surface area contributed by atoms with Crippen molar-refractivity contribution in [3.05, 3.63) is 35.6 Å². The van der Waals surface area contributed by atoms with E-state index in [9.17, 15) is 9.50 Å². The molecule has 17 heavy (non-hydrogen) atoms. The van der Waals surface area contributed by atoms with Crippen LogP contribution in [0.5, 0.6) is 0 Å². The van der Waals surface area contributed by atoms with Crippen molar-refractivity contribution in [3.8, 4) is 0 Å². The number of benzene rings is 1. The number of aliphatic hydroxyl groups excluding tert-OH is 1. The third-order valence-electron chi connectivity index (χ3n) is 3.57. The molecular weight excluding hydrogens is 217 g/mol. The monoisotopic (exact) mass is 237 g/mol. The molecule has 1 aliphatic rings. The molecule has 0 bridgehead atoms. The van der Waals surface area contributed by atoms with Gasteiger partial charge in [0.25, 0.3) is 0 Å². The SMILES string of the molecule is CC1CCN(CC(O)c2ccccc2F)CC1. The van der Waals surface area contributed by atoms with E-state index in [2.05, 4.69) is 11.8 Å². The molecule has 2 nitrogen and oxygen atoms in total. The van der Waals surface area contributed by atoms with E-state index < -0.39 is 6.10 Å². The molecule has 1 fully saturated rings. The minimum atomic E-state index is -0.718. The molecule has 1 saturated heterocycles. The number of nitrogens with zero attached hydrogens (tertiary/aromatic N) is 1. The van der Waals surface area contributed by atoms with E-state index in [0.717, 1.165) is 19.0 Å². The predicted octanol–water partition coefficient (Wildman–Crippen LogP) is 2.59. The highest BCUT2D eigenvalue weighted by molar-refractivity contribution is 5.20. The lowest BCUT2D eigenvalue weighted by molar-refractivity contribution is 0.0893. The number of hydrogen-bond acceptors (Lipinski definition) is 2. The lowest BCUT2D eigenvalue weighted by atomic mass is 9.98. The van der Waals surface area contributed by atoms with Crippen LogP contribution in [0, 0.1) is 11.7 Å². The Kier molecular flexibility index (Phi) is 4.13. The van der Waals surface area contributed by atoms with Gasteiger partial charge >= 0.3 is 0 Å². The number of piperidine rings is 1. The van der Waals surface area contributed by atoms with Crippen molar-refractivity contribution in [2.45, 2.75) is 25.9 Å². The van der Waals surface area contributed by atoms with Crippen molar-refractivity contribution in [1.29, 1.82) is 0 Å². The topological polar surface area (TPSA) is 23.5 Å². The van der Waals surface area contributed by atoms with E-state index >= 15 is 0 Å². The molecule has 1 aromatic carbocycles. The maximum atomic E-state index is 13.5. The first-order valence-corrected chi connectivity index (χ1v) is 6.31. The van der Waals surface area contributed by atoms with Gasteiger partial charge in [0.2, 0.25) is 0 Å². The Morgan fingerprint density at radius 1 is 1.35 bits per heavy atom. The van der Waals surface area contributed by atoms with E-state index in [1.54, 1.807) is 18.2 Å². The van der Waals surface area contributed by atoms with Gasteiger partial charge in [0, 0.05) is 12.1 Å². The summed E-state index contributed by atoms with van der Waals surface area (Å²) in [6, 6.07) is 6.47. The highest BCUT2D eigenvalue weighted by Crippen LogP contribution is 2.21. The van der Waals surface area contributed by atoms with Crippen LogP contribution in [0.25, 0.3) is 0 Å². The standard InChI is InChI=1S/C14H20FNO/c1-11-6-8-16(9-7-11)10-14(17)12-4-2-3-5-13(12)15/h2-5,11,14,17H,6-10H2,1H3. The maximum absolute atomic E-state index is 13.5. The van der Waals surface area contributed by atoms with Gasteiger partial charge in [-0.15, -0.1) is 0 Å². The van der Waals surface area contributed by atoms with Crippen LogP contribution in [0.1, 0.15) is 31.4 Å². The second-order valence-corrected chi connectivity index (χ2v) is 5.02.